The summed E-state index contributed by atoms with van der Waals surface area (Å²) in [4.78, 5) is 24.1. The zero-order chi connectivity index (χ0) is 18.7. The molecule has 3 rings (SSSR count). The fraction of sp³-hybridized carbons (Fsp3) is 0.143. The van der Waals surface area contributed by atoms with Gasteiger partial charge in [-0.25, -0.2) is 9.18 Å². The summed E-state index contributed by atoms with van der Waals surface area (Å²) >= 11 is 0. The summed E-state index contributed by atoms with van der Waals surface area (Å²) in [5, 5.41) is 0. The first-order valence-corrected chi connectivity index (χ1v) is 8.17. The predicted molar refractivity (Wildman–Crippen MR) is 96.3 cm³/mol. The van der Waals surface area contributed by atoms with Gasteiger partial charge in [-0.2, -0.15) is 0 Å². The van der Waals surface area contributed by atoms with Crippen molar-refractivity contribution in [1.29, 1.82) is 0 Å². The summed E-state index contributed by atoms with van der Waals surface area (Å²) in [6, 6.07) is 16.6. The van der Waals surface area contributed by atoms with E-state index in [2.05, 4.69) is 4.57 Å². The topological polar surface area (TPSA) is 48.3 Å². The SMILES string of the molecule is Cc1ccc(C)n1-c1ccc(C(=O)OCC(=O)c2ccccc2F)cc1. The van der Waals surface area contributed by atoms with E-state index < -0.39 is 24.2 Å². The average Bonchev–Trinajstić information content (AvgIpc) is 2.98. The van der Waals surface area contributed by atoms with Crippen LogP contribution in [-0.4, -0.2) is 22.9 Å². The van der Waals surface area contributed by atoms with E-state index in [-0.39, 0.29) is 5.56 Å². The minimum atomic E-state index is -0.629. The summed E-state index contributed by atoms with van der Waals surface area (Å²) in [7, 11) is 0. The summed E-state index contributed by atoms with van der Waals surface area (Å²) in [6.07, 6.45) is 0. The number of carbonyl (C=O) groups is 2. The van der Waals surface area contributed by atoms with E-state index in [4.69, 9.17) is 4.74 Å². The number of ether oxygens (including phenoxy) is 1. The number of aryl methyl sites for hydroxylation is 2. The number of ketones is 1. The fourth-order valence-corrected chi connectivity index (χ4v) is 2.80. The summed E-state index contributed by atoms with van der Waals surface area (Å²) in [6.45, 7) is 3.50. The second-order valence-corrected chi connectivity index (χ2v) is 5.98. The van der Waals surface area contributed by atoms with Gasteiger partial charge in [0, 0.05) is 17.1 Å². The molecule has 132 valence electrons. The van der Waals surface area contributed by atoms with E-state index >= 15 is 0 Å². The predicted octanol–water partition coefficient (Wildman–Crippen LogP) is 4.27. The minimum Gasteiger partial charge on any atom is -0.454 e. The number of nitrogens with zero attached hydrogens (tertiary/aromatic N) is 1. The van der Waals surface area contributed by atoms with Crippen LogP contribution in [0, 0.1) is 19.7 Å². The molecule has 1 heterocycles. The van der Waals surface area contributed by atoms with E-state index in [1.807, 2.05) is 38.1 Å². The van der Waals surface area contributed by atoms with Gasteiger partial charge in [-0.3, -0.25) is 4.79 Å². The number of benzene rings is 2. The maximum Gasteiger partial charge on any atom is 0.338 e. The van der Waals surface area contributed by atoms with Gasteiger partial charge in [-0.05, 0) is 62.4 Å². The van der Waals surface area contributed by atoms with Crippen molar-refractivity contribution in [3.05, 3.63) is 89.0 Å². The van der Waals surface area contributed by atoms with Crippen molar-refractivity contribution < 1.29 is 18.7 Å². The molecule has 0 aliphatic rings. The molecule has 1 aromatic heterocycles. The number of Topliss-reactive ketones (excluding diaryl/α,β-unsaturated/α-hetero) is 1. The van der Waals surface area contributed by atoms with Crippen molar-refractivity contribution in [2.75, 3.05) is 6.61 Å². The van der Waals surface area contributed by atoms with Crippen LogP contribution in [0.5, 0.6) is 0 Å². The number of hydrogen-bond donors (Lipinski definition) is 0. The highest BCUT2D eigenvalue weighted by atomic mass is 19.1. The molecule has 0 aliphatic carbocycles. The molecular formula is C21H18FNO3. The standard InChI is InChI=1S/C21H18FNO3/c1-14-7-8-15(2)23(14)17-11-9-16(10-12-17)21(25)26-13-20(24)18-5-3-4-6-19(18)22/h3-12H,13H2,1-2H3. The van der Waals surface area contributed by atoms with Crippen LogP contribution >= 0.6 is 0 Å². The highest BCUT2D eigenvalue weighted by Gasteiger charge is 2.15. The first kappa shape index (κ1) is 17.6. The third kappa shape index (κ3) is 3.57. The number of hydrogen-bond acceptors (Lipinski definition) is 3. The van der Waals surface area contributed by atoms with E-state index in [1.165, 1.54) is 18.2 Å². The van der Waals surface area contributed by atoms with Crippen LogP contribution in [0.2, 0.25) is 0 Å². The zero-order valence-electron chi connectivity index (χ0n) is 14.5. The molecule has 0 spiro atoms. The van der Waals surface area contributed by atoms with Gasteiger partial charge in [0.15, 0.2) is 6.61 Å². The van der Waals surface area contributed by atoms with Crippen LogP contribution in [0.3, 0.4) is 0 Å². The van der Waals surface area contributed by atoms with Crippen LogP contribution < -0.4 is 0 Å². The lowest BCUT2D eigenvalue weighted by molar-refractivity contribution is 0.0473. The van der Waals surface area contributed by atoms with Gasteiger partial charge in [0.1, 0.15) is 5.82 Å². The molecule has 0 saturated carbocycles. The maximum atomic E-state index is 13.6. The Balaban J connectivity index is 1.67. The normalized spacial score (nSPS) is 10.6. The molecule has 5 heteroatoms. The van der Waals surface area contributed by atoms with Crippen LogP contribution in [0.15, 0.2) is 60.7 Å². The van der Waals surface area contributed by atoms with Gasteiger partial charge in [0.25, 0.3) is 0 Å². The number of carbonyl (C=O) groups excluding carboxylic acids is 2. The lowest BCUT2D eigenvalue weighted by Crippen LogP contribution is -2.15. The molecule has 0 amide bonds. The Labute approximate surface area is 150 Å². The molecule has 0 unspecified atom stereocenters. The number of rotatable bonds is 5. The fourth-order valence-electron chi connectivity index (χ4n) is 2.80. The first-order chi connectivity index (χ1) is 12.5. The van der Waals surface area contributed by atoms with Gasteiger partial charge < -0.3 is 9.30 Å². The van der Waals surface area contributed by atoms with Crippen LogP contribution in [0.4, 0.5) is 4.39 Å². The van der Waals surface area contributed by atoms with Gasteiger partial charge >= 0.3 is 5.97 Å². The van der Waals surface area contributed by atoms with Crippen molar-refractivity contribution in [1.82, 2.24) is 4.57 Å². The Morgan fingerprint density at radius 3 is 2.15 bits per heavy atom. The summed E-state index contributed by atoms with van der Waals surface area (Å²) < 4.78 is 20.6. The highest BCUT2D eigenvalue weighted by molar-refractivity contribution is 5.99. The van der Waals surface area contributed by atoms with Crippen molar-refractivity contribution in [2.24, 2.45) is 0 Å². The van der Waals surface area contributed by atoms with Gasteiger partial charge in [0.2, 0.25) is 5.78 Å². The lowest BCUT2D eigenvalue weighted by atomic mass is 10.1. The Bertz CT molecular complexity index is 938. The lowest BCUT2D eigenvalue weighted by Gasteiger charge is -2.10. The molecule has 0 bridgehead atoms. The second kappa shape index (κ2) is 7.35. The Morgan fingerprint density at radius 1 is 0.923 bits per heavy atom. The number of aromatic nitrogens is 1. The number of halogens is 1. The van der Waals surface area contributed by atoms with Crippen molar-refractivity contribution in [2.45, 2.75) is 13.8 Å². The molecule has 0 N–H and O–H groups in total. The zero-order valence-corrected chi connectivity index (χ0v) is 14.5. The van der Waals surface area contributed by atoms with E-state index in [1.54, 1.807) is 18.2 Å². The van der Waals surface area contributed by atoms with Gasteiger partial charge in [-0.15, -0.1) is 0 Å². The van der Waals surface area contributed by atoms with Crippen LogP contribution in [0.25, 0.3) is 5.69 Å². The molecule has 0 saturated heterocycles. The molecule has 2 aromatic carbocycles. The monoisotopic (exact) mass is 351 g/mol. The van der Waals surface area contributed by atoms with Gasteiger partial charge in [-0.1, -0.05) is 12.1 Å². The van der Waals surface area contributed by atoms with E-state index in [0.717, 1.165) is 17.1 Å². The Kier molecular flexibility index (Phi) is 4.98. The first-order valence-electron chi connectivity index (χ1n) is 8.17. The Morgan fingerprint density at radius 2 is 1.54 bits per heavy atom. The average molecular weight is 351 g/mol. The smallest absolute Gasteiger partial charge is 0.338 e. The molecule has 3 aromatic rings. The Hall–Kier alpha value is -3.21. The molecule has 0 atom stereocenters. The van der Waals surface area contributed by atoms with E-state index in [0.29, 0.717) is 5.56 Å². The van der Waals surface area contributed by atoms with Crippen LogP contribution in [0.1, 0.15) is 32.1 Å². The molecule has 4 nitrogen and oxygen atoms in total. The quantitative estimate of drug-likeness (QED) is 0.509. The minimum absolute atomic E-state index is 0.0887. The van der Waals surface area contributed by atoms with Gasteiger partial charge in [0.05, 0.1) is 11.1 Å². The van der Waals surface area contributed by atoms with Crippen molar-refractivity contribution in [3.8, 4) is 5.69 Å². The maximum absolute atomic E-state index is 13.6. The second-order valence-electron chi connectivity index (χ2n) is 5.98. The third-order valence-corrected chi connectivity index (χ3v) is 4.14. The molecular weight excluding hydrogens is 333 g/mol. The van der Waals surface area contributed by atoms with Crippen LogP contribution in [-0.2, 0) is 4.74 Å². The summed E-state index contributed by atoms with van der Waals surface area (Å²) in [5.41, 5.74) is 3.36. The largest absolute Gasteiger partial charge is 0.454 e. The molecule has 26 heavy (non-hydrogen) atoms. The van der Waals surface area contributed by atoms with Crippen molar-refractivity contribution >= 4 is 11.8 Å². The third-order valence-electron chi connectivity index (χ3n) is 4.14. The highest BCUT2D eigenvalue weighted by Crippen LogP contribution is 2.17. The number of esters is 1. The molecule has 0 aliphatic heterocycles. The van der Waals surface area contributed by atoms with E-state index in [9.17, 15) is 14.0 Å². The molecule has 0 fully saturated rings. The molecule has 0 radical (unpaired) electrons. The summed E-state index contributed by atoms with van der Waals surface area (Å²) in [5.74, 6) is -1.83. The van der Waals surface area contributed by atoms with Crippen molar-refractivity contribution in [3.63, 3.8) is 0 Å².